The molecular weight excluding hydrogens is 266 g/mol. The van der Waals surface area contributed by atoms with Gasteiger partial charge in [0.05, 0.1) is 0 Å². The molecule has 1 heterocycles. The molecule has 0 aliphatic carbocycles. The van der Waals surface area contributed by atoms with Crippen molar-refractivity contribution in [3.8, 4) is 0 Å². The predicted octanol–water partition coefficient (Wildman–Crippen LogP) is 1.88. The van der Waals surface area contributed by atoms with E-state index in [1.54, 1.807) is 13.0 Å². The smallest absolute Gasteiger partial charge is 0.352 e. The number of carboxylic acids is 1. The molecule has 0 radical (unpaired) electrons. The second-order valence-corrected chi connectivity index (χ2v) is 5.58. The highest BCUT2D eigenvalue weighted by Crippen LogP contribution is 2.21. The minimum Gasteiger partial charge on any atom is -0.477 e. The molecule has 0 bridgehead atoms. The van der Waals surface area contributed by atoms with E-state index in [4.69, 9.17) is 5.11 Å². The molecule has 1 atom stereocenters. The normalized spacial score (nSPS) is 16.1. The number of thioether (sulfide) groups is 1. The molecule has 1 amide bonds. The van der Waals surface area contributed by atoms with E-state index in [9.17, 15) is 14.4 Å². The Hall–Kier alpha value is -1.30. The molecule has 0 spiro atoms. The van der Waals surface area contributed by atoms with Crippen LogP contribution in [0.4, 0.5) is 0 Å². The number of amides is 1. The van der Waals surface area contributed by atoms with E-state index in [2.05, 4.69) is 0 Å². The Kier molecular flexibility index (Phi) is 6.08. The van der Waals surface area contributed by atoms with Gasteiger partial charge in [-0.3, -0.25) is 9.59 Å². The van der Waals surface area contributed by atoms with Crippen LogP contribution in [0.1, 0.15) is 33.1 Å². The lowest BCUT2D eigenvalue weighted by Gasteiger charge is -2.21. The Morgan fingerprint density at radius 2 is 2.16 bits per heavy atom. The summed E-state index contributed by atoms with van der Waals surface area (Å²) in [6.07, 6.45) is 3.44. The maximum absolute atomic E-state index is 12.1. The quantitative estimate of drug-likeness (QED) is 0.806. The topological polar surface area (TPSA) is 74.7 Å². The van der Waals surface area contributed by atoms with Crippen LogP contribution in [0.15, 0.2) is 11.8 Å². The lowest BCUT2D eigenvalue weighted by Crippen LogP contribution is -2.36. The highest BCUT2D eigenvalue weighted by Gasteiger charge is 2.29. The summed E-state index contributed by atoms with van der Waals surface area (Å²) in [6.45, 7) is 4.08. The van der Waals surface area contributed by atoms with E-state index < -0.39 is 5.97 Å². The van der Waals surface area contributed by atoms with Crippen molar-refractivity contribution in [2.45, 2.75) is 33.1 Å². The number of carbonyl (C=O) groups is 3. The summed E-state index contributed by atoms with van der Waals surface area (Å²) in [5.74, 6) is -1.25. The molecule has 0 saturated carbocycles. The Labute approximate surface area is 117 Å². The maximum Gasteiger partial charge on any atom is 0.352 e. The molecule has 1 aliphatic rings. The van der Waals surface area contributed by atoms with Gasteiger partial charge >= 0.3 is 5.97 Å². The van der Waals surface area contributed by atoms with Gasteiger partial charge in [0.25, 0.3) is 0 Å². The first-order valence-electron chi connectivity index (χ1n) is 6.37. The molecule has 1 unspecified atom stereocenters. The number of aliphatic carboxylic acids is 1. The highest BCUT2D eigenvalue weighted by atomic mass is 32.2. The molecule has 19 heavy (non-hydrogen) atoms. The molecule has 1 N–H and O–H groups in total. The third-order valence-corrected chi connectivity index (χ3v) is 4.03. The molecule has 106 valence electrons. The Morgan fingerprint density at radius 3 is 2.74 bits per heavy atom. The summed E-state index contributed by atoms with van der Waals surface area (Å²) in [7, 11) is 0. The van der Waals surface area contributed by atoms with Crippen LogP contribution in [-0.4, -0.2) is 39.3 Å². The van der Waals surface area contributed by atoms with Gasteiger partial charge in [0.1, 0.15) is 5.70 Å². The molecular formula is C13H19NO4S. The minimum absolute atomic E-state index is 0.0572. The summed E-state index contributed by atoms with van der Waals surface area (Å²) in [4.78, 5) is 35.8. The van der Waals surface area contributed by atoms with Crippen molar-refractivity contribution in [2.75, 3.05) is 12.3 Å². The van der Waals surface area contributed by atoms with E-state index in [1.807, 2.05) is 6.92 Å². The Bertz CT molecular complexity index is 405. The number of carboxylic acid groups (broad SMARTS) is 1. The van der Waals surface area contributed by atoms with Crippen molar-refractivity contribution in [1.82, 2.24) is 4.90 Å². The average molecular weight is 285 g/mol. The number of carbonyl (C=O) groups excluding carboxylic acids is 2. The van der Waals surface area contributed by atoms with Gasteiger partial charge < -0.3 is 10.0 Å². The Balaban J connectivity index is 2.51. The van der Waals surface area contributed by atoms with Crippen LogP contribution in [-0.2, 0) is 14.4 Å². The summed E-state index contributed by atoms with van der Waals surface area (Å²) in [5.41, 5.74) is 0.0572. The van der Waals surface area contributed by atoms with Gasteiger partial charge in [-0.1, -0.05) is 31.7 Å². The molecule has 0 aromatic heterocycles. The Morgan fingerprint density at radius 1 is 1.47 bits per heavy atom. The molecule has 6 heteroatoms. The SMILES string of the molecule is CCCC(=O)SCC(C)C(=O)N1CCC=C1C(=O)O. The molecule has 5 nitrogen and oxygen atoms in total. The van der Waals surface area contributed by atoms with Crippen LogP contribution in [0.2, 0.25) is 0 Å². The highest BCUT2D eigenvalue weighted by molar-refractivity contribution is 8.13. The second-order valence-electron chi connectivity index (χ2n) is 4.51. The van der Waals surface area contributed by atoms with Gasteiger partial charge in [-0.05, 0) is 12.8 Å². The zero-order valence-electron chi connectivity index (χ0n) is 11.2. The van der Waals surface area contributed by atoms with Crippen molar-refractivity contribution >= 4 is 28.8 Å². The fourth-order valence-electron chi connectivity index (χ4n) is 1.82. The number of nitrogens with zero attached hydrogens (tertiary/aromatic N) is 1. The molecule has 0 aromatic rings. The van der Waals surface area contributed by atoms with E-state index in [0.717, 1.165) is 18.2 Å². The zero-order chi connectivity index (χ0) is 14.4. The van der Waals surface area contributed by atoms with Gasteiger partial charge in [0.2, 0.25) is 5.91 Å². The maximum atomic E-state index is 12.1. The summed E-state index contributed by atoms with van der Waals surface area (Å²) < 4.78 is 0. The van der Waals surface area contributed by atoms with Crippen molar-refractivity contribution in [3.63, 3.8) is 0 Å². The second kappa shape index (κ2) is 7.33. The van der Waals surface area contributed by atoms with Crippen LogP contribution in [0.3, 0.4) is 0 Å². The predicted molar refractivity (Wildman–Crippen MR) is 73.6 cm³/mol. The lowest BCUT2D eigenvalue weighted by molar-refractivity contribution is -0.140. The number of hydrogen-bond donors (Lipinski definition) is 1. The van der Waals surface area contributed by atoms with E-state index in [-0.39, 0.29) is 22.6 Å². The largest absolute Gasteiger partial charge is 0.477 e. The third kappa shape index (κ3) is 4.38. The lowest BCUT2D eigenvalue weighted by atomic mass is 10.2. The summed E-state index contributed by atoms with van der Waals surface area (Å²) in [5, 5.41) is 9.06. The van der Waals surface area contributed by atoms with Crippen molar-refractivity contribution in [2.24, 2.45) is 5.92 Å². The summed E-state index contributed by atoms with van der Waals surface area (Å²) >= 11 is 1.15. The van der Waals surface area contributed by atoms with Gasteiger partial charge in [0, 0.05) is 24.6 Å². The molecule has 0 saturated heterocycles. The van der Waals surface area contributed by atoms with Gasteiger partial charge in [-0.2, -0.15) is 0 Å². The van der Waals surface area contributed by atoms with Crippen molar-refractivity contribution < 1.29 is 19.5 Å². The van der Waals surface area contributed by atoms with Crippen LogP contribution in [0.5, 0.6) is 0 Å². The standard InChI is InChI=1S/C13H19NO4S/c1-3-5-11(15)19-8-9(2)12(16)14-7-4-6-10(14)13(17)18/h6,9H,3-5,7-8H2,1-2H3,(H,17,18). The zero-order valence-corrected chi connectivity index (χ0v) is 12.0. The van der Waals surface area contributed by atoms with Crippen molar-refractivity contribution in [1.29, 1.82) is 0 Å². The first-order chi connectivity index (χ1) is 8.97. The minimum atomic E-state index is -1.08. The molecule has 0 fully saturated rings. The van der Waals surface area contributed by atoms with E-state index in [0.29, 0.717) is 25.1 Å². The summed E-state index contributed by atoms with van der Waals surface area (Å²) in [6, 6.07) is 0. The number of hydrogen-bond acceptors (Lipinski definition) is 4. The fourth-order valence-corrected chi connectivity index (χ4v) is 2.75. The van der Waals surface area contributed by atoms with E-state index in [1.165, 1.54) is 4.90 Å². The van der Waals surface area contributed by atoms with Crippen LogP contribution in [0, 0.1) is 5.92 Å². The van der Waals surface area contributed by atoms with Gasteiger partial charge in [-0.15, -0.1) is 0 Å². The van der Waals surface area contributed by atoms with Crippen LogP contribution < -0.4 is 0 Å². The van der Waals surface area contributed by atoms with Gasteiger partial charge in [0.15, 0.2) is 5.12 Å². The number of rotatable bonds is 6. The van der Waals surface area contributed by atoms with Crippen LogP contribution >= 0.6 is 11.8 Å². The first-order valence-corrected chi connectivity index (χ1v) is 7.36. The molecule has 1 aliphatic heterocycles. The fraction of sp³-hybridized carbons (Fsp3) is 0.615. The third-order valence-electron chi connectivity index (χ3n) is 2.84. The van der Waals surface area contributed by atoms with Gasteiger partial charge in [-0.25, -0.2) is 4.79 Å². The average Bonchev–Trinajstić information content (AvgIpc) is 2.84. The van der Waals surface area contributed by atoms with Crippen molar-refractivity contribution in [3.05, 3.63) is 11.8 Å². The first kappa shape index (κ1) is 15.8. The van der Waals surface area contributed by atoms with Crippen LogP contribution in [0.25, 0.3) is 0 Å². The molecule has 0 aromatic carbocycles. The molecule has 1 rings (SSSR count). The van der Waals surface area contributed by atoms with E-state index >= 15 is 0 Å². The monoisotopic (exact) mass is 285 g/mol.